The first-order valence-electron chi connectivity index (χ1n) is 5.92. The van der Waals surface area contributed by atoms with Crippen molar-refractivity contribution in [2.45, 2.75) is 12.2 Å². The summed E-state index contributed by atoms with van der Waals surface area (Å²) >= 11 is 0. The number of amides is 1. The number of nitro benzene ring substituents is 1. The van der Waals surface area contributed by atoms with Crippen LogP contribution in [0.3, 0.4) is 0 Å². The molecule has 108 valence electrons. The fraction of sp³-hybridized carbons (Fsp3) is 0.417. The van der Waals surface area contributed by atoms with E-state index in [-0.39, 0.29) is 30.1 Å². The molecule has 8 nitrogen and oxygen atoms in total. The first kappa shape index (κ1) is 14.2. The van der Waals surface area contributed by atoms with E-state index in [2.05, 4.69) is 0 Å². The molecule has 1 fully saturated rings. The number of carbonyl (C=O) groups is 1. The van der Waals surface area contributed by atoms with Crippen molar-refractivity contribution in [2.24, 2.45) is 0 Å². The Morgan fingerprint density at radius 2 is 2.00 bits per heavy atom. The maximum absolute atomic E-state index is 12.2. The SMILES string of the molecule is COc1ccc(C(=O)N2CC(O)C(O)C2)cc1[N+](=O)[O-]. The molecule has 0 radical (unpaired) electrons. The number of carbonyl (C=O) groups excluding carboxylic acids is 1. The number of hydrogen-bond donors (Lipinski definition) is 2. The summed E-state index contributed by atoms with van der Waals surface area (Å²) in [5.41, 5.74) is -0.197. The maximum Gasteiger partial charge on any atom is 0.311 e. The van der Waals surface area contributed by atoms with Crippen LogP contribution in [0.5, 0.6) is 5.75 Å². The van der Waals surface area contributed by atoms with Crippen LogP contribution >= 0.6 is 0 Å². The third-order valence-corrected chi connectivity index (χ3v) is 3.17. The average molecular weight is 282 g/mol. The Morgan fingerprint density at radius 3 is 2.50 bits per heavy atom. The molecule has 0 aliphatic carbocycles. The second kappa shape index (κ2) is 5.43. The lowest BCUT2D eigenvalue weighted by Crippen LogP contribution is -2.29. The third-order valence-electron chi connectivity index (χ3n) is 3.17. The molecule has 8 heteroatoms. The quantitative estimate of drug-likeness (QED) is 0.585. The summed E-state index contributed by atoms with van der Waals surface area (Å²) in [7, 11) is 1.30. The lowest BCUT2D eigenvalue weighted by Gasteiger charge is -2.15. The molecule has 1 saturated heterocycles. The van der Waals surface area contributed by atoms with Gasteiger partial charge in [-0.25, -0.2) is 0 Å². The van der Waals surface area contributed by atoms with Gasteiger partial charge in [0.05, 0.1) is 24.2 Å². The van der Waals surface area contributed by atoms with E-state index in [1.165, 1.54) is 24.1 Å². The summed E-state index contributed by atoms with van der Waals surface area (Å²) < 4.78 is 4.85. The summed E-state index contributed by atoms with van der Waals surface area (Å²) in [5.74, 6) is -0.417. The molecule has 2 N–H and O–H groups in total. The molecule has 0 bridgehead atoms. The molecule has 1 heterocycles. The minimum Gasteiger partial charge on any atom is -0.490 e. The van der Waals surface area contributed by atoms with Crippen molar-refractivity contribution in [3.63, 3.8) is 0 Å². The van der Waals surface area contributed by atoms with Crippen molar-refractivity contribution < 1.29 is 24.7 Å². The van der Waals surface area contributed by atoms with Crippen LogP contribution in [0.15, 0.2) is 18.2 Å². The summed E-state index contributed by atoms with van der Waals surface area (Å²) in [6, 6.07) is 3.87. The van der Waals surface area contributed by atoms with Gasteiger partial charge in [0.15, 0.2) is 5.75 Å². The Balaban J connectivity index is 2.27. The molecular formula is C12H14N2O6. The molecule has 0 saturated carbocycles. The zero-order valence-electron chi connectivity index (χ0n) is 10.7. The monoisotopic (exact) mass is 282 g/mol. The van der Waals surface area contributed by atoms with Gasteiger partial charge >= 0.3 is 5.69 Å². The standard InChI is InChI=1S/C12H14N2O6/c1-20-11-3-2-7(4-8(11)14(18)19)12(17)13-5-9(15)10(16)6-13/h2-4,9-10,15-16H,5-6H2,1H3. The number of nitro groups is 1. The van der Waals surface area contributed by atoms with Gasteiger partial charge in [-0.15, -0.1) is 0 Å². The van der Waals surface area contributed by atoms with E-state index in [9.17, 15) is 25.1 Å². The van der Waals surface area contributed by atoms with Gasteiger partial charge < -0.3 is 19.8 Å². The van der Waals surface area contributed by atoms with E-state index in [0.29, 0.717) is 0 Å². The van der Waals surface area contributed by atoms with Crippen molar-refractivity contribution in [2.75, 3.05) is 20.2 Å². The molecule has 1 aromatic carbocycles. The number of ether oxygens (including phenoxy) is 1. The number of aliphatic hydroxyl groups is 2. The lowest BCUT2D eigenvalue weighted by atomic mass is 10.1. The molecule has 2 unspecified atom stereocenters. The van der Waals surface area contributed by atoms with Crippen LogP contribution < -0.4 is 4.74 Å². The van der Waals surface area contributed by atoms with Crippen LogP contribution in [0.4, 0.5) is 5.69 Å². The fourth-order valence-corrected chi connectivity index (χ4v) is 2.08. The Kier molecular flexibility index (Phi) is 3.86. The molecular weight excluding hydrogens is 268 g/mol. The van der Waals surface area contributed by atoms with Crippen LogP contribution in [0, 0.1) is 10.1 Å². The molecule has 0 spiro atoms. The van der Waals surface area contributed by atoms with E-state index in [0.717, 1.165) is 6.07 Å². The molecule has 1 aliphatic rings. The maximum atomic E-state index is 12.2. The smallest absolute Gasteiger partial charge is 0.311 e. The highest BCUT2D eigenvalue weighted by atomic mass is 16.6. The zero-order chi connectivity index (χ0) is 14.9. The third kappa shape index (κ3) is 2.56. The summed E-state index contributed by atoms with van der Waals surface area (Å²) in [4.78, 5) is 23.7. The van der Waals surface area contributed by atoms with Gasteiger partial charge in [0.1, 0.15) is 0 Å². The van der Waals surface area contributed by atoms with E-state index in [1.807, 2.05) is 0 Å². The first-order valence-corrected chi connectivity index (χ1v) is 5.92. The van der Waals surface area contributed by atoms with Crippen LogP contribution in [-0.4, -0.2) is 58.4 Å². The van der Waals surface area contributed by atoms with E-state index in [1.54, 1.807) is 0 Å². The van der Waals surface area contributed by atoms with Gasteiger partial charge in [-0.05, 0) is 12.1 Å². The van der Waals surface area contributed by atoms with Gasteiger partial charge in [0.25, 0.3) is 5.91 Å². The highest BCUT2D eigenvalue weighted by Crippen LogP contribution is 2.28. The van der Waals surface area contributed by atoms with Gasteiger partial charge in [-0.2, -0.15) is 0 Å². The largest absolute Gasteiger partial charge is 0.490 e. The van der Waals surface area contributed by atoms with Gasteiger partial charge in [-0.3, -0.25) is 14.9 Å². The Labute approximate surface area is 114 Å². The van der Waals surface area contributed by atoms with Gasteiger partial charge in [0.2, 0.25) is 0 Å². The summed E-state index contributed by atoms with van der Waals surface area (Å²) in [5, 5.41) is 29.7. The first-order chi connectivity index (χ1) is 9.43. The van der Waals surface area contributed by atoms with Crippen molar-refractivity contribution in [1.29, 1.82) is 0 Å². The number of β-amino-alcohol motifs (C(OH)–C–C–N with tert-alkyl or cyclic N) is 2. The molecule has 0 aromatic heterocycles. The van der Waals surface area contributed by atoms with E-state index >= 15 is 0 Å². The van der Waals surface area contributed by atoms with Crippen molar-refractivity contribution in [3.05, 3.63) is 33.9 Å². The number of likely N-dealkylation sites (tertiary alicyclic amines) is 1. The number of nitrogens with zero attached hydrogens (tertiary/aromatic N) is 2. The lowest BCUT2D eigenvalue weighted by molar-refractivity contribution is -0.385. The molecule has 2 rings (SSSR count). The van der Waals surface area contributed by atoms with Crippen molar-refractivity contribution >= 4 is 11.6 Å². The van der Waals surface area contributed by atoms with Crippen LogP contribution in [0.2, 0.25) is 0 Å². The second-order valence-electron chi connectivity index (χ2n) is 4.49. The Morgan fingerprint density at radius 1 is 1.40 bits per heavy atom. The van der Waals surface area contributed by atoms with Crippen LogP contribution in [-0.2, 0) is 0 Å². The fourth-order valence-electron chi connectivity index (χ4n) is 2.08. The number of hydrogen-bond acceptors (Lipinski definition) is 6. The summed E-state index contributed by atoms with van der Waals surface area (Å²) in [6.45, 7) is -0.000344. The van der Waals surface area contributed by atoms with E-state index < -0.39 is 23.0 Å². The normalized spacial score (nSPS) is 21.9. The number of benzene rings is 1. The van der Waals surface area contributed by atoms with E-state index in [4.69, 9.17) is 4.74 Å². The van der Waals surface area contributed by atoms with Gasteiger partial charge in [0, 0.05) is 24.7 Å². The Bertz CT molecular complexity index is 537. The Hall–Kier alpha value is -2.19. The topological polar surface area (TPSA) is 113 Å². The average Bonchev–Trinajstić information content (AvgIpc) is 2.77. The number of rotatable bonds is 3. The van der Waals surface area contributed by atoms with Crippen LogP contribution in [0.1, 0.15) is 10.4 Å². The molecule has 2 atom stereocenters. The summed E-state index contributed by atoms with van der Waals surface area (Å²) in [6.07, 6.45) is -1.99. The van der Waals surface area contributed by atoms with Crippen LogP contribution in [0.25, 0.3) is 0 Å². The number of aliphatic hydroxyl groups excluding tert-OH is 2. The highest BCUT2D eigenvalue weighted by Gasteiger charge is 2.33. The van der Waals surface area contributed by atoms with Crippen molar-refractivity contribution in [3.8, 4) is 5.75 Å². The van der Waals surface area contributed by atoms with Gasteiger partial charge in [-0.1, -0.05) is 0 Å². The second-order valence-corrected chi connectivity index (χ2v) is 4.49. The highest BCUT2D eigenvalue weighted by molar-refractivity contribution is 5.95. The minimum absolute atomic E-state index is 0.000172. The predicted molar refractivity (Wildman–Crippen MR) is 67.6 cm³/mol. The molecule has 1 aliphatic heterocycles. The molecule has 1 amide bonds. The minimum atomic E-state index is -0.993. The zero-order valence-corrected chi connectivity index (χ0v) is 10.7. The van der Waals surface area contributed by atoms with Crippen molar-refractivity contribution in [1.82, 2.24) is 4.90 Å². The predicted octanol–water partition coefficient (Wildman–Crippen LogP) is -0.219. The number of methoxy groups -OCH3 is 1. The molecule has 20 heavy (non-hydrogen) atoms. The molecule has 1 aromatic rings.